The molecule has 3 N–H and O–H groups in total. The second kappa shape index (κ2) is 7.77. The molecule has 1 aliphatic rings. The lowest BCUT2D eigenvalue weighted by Gasteiger charge is -2.12. The van der Waals surface area contributed by atoms with Crippen LogP contribution in [0.25, 0.3) is 0 Å². The first-order chi connectivity index (χ1) is 11.3. The number of hydrogen-bond donors (Lipinski definition) is 2. The van der Waals surface area contributed by atoms with Gasteiger partial charge in [-0.1, -0.05) is 11.6 Å². The van der Waals surface area contributed by atoms with Gasteiger partial charge in [0.05, 0.1) is 16.8 Å². The molecule has 2 aromatic heterocycles. The van der Waals surface area contributed by atoms with E-state index in [1.165, 1.54) is 18.1 Å². The van der Waals surface area contributed by atoms with Crippen LogP contribution >= 0.6 is 46.7 Å². The van der Waals surface area contributed by atoms with Crippen LogP contribution in [-0.4, -0.2) is 29.3 Å². The first-order valence-corrected chi connectivity index (χ1v) is 8.19. The third-order valence-electron chi connectivity index (χ3n) is 2.27. The van der Waals surface area contributed by atoms with E-state index in [2.05, 4.69) is 25.3 Å². The van der Waals surface area contributed by atoms with Gasteiger partial charge in [0.2, 0.25) is 9.74 Å². The van der Waals surface area contributed by atoms with Crippen LogP contribution in [0.5, 0.6) is 0 Å². The van der Waals surface area contributed by atoms with Gasteiger partial charge in [0, 0.05) is 11.8 Å². The Morgan fingerprint density at radius 3 is 2.88 bits per heavy atom. The molecule has 124 valence electrons. The van der Waals surface area contributed by atoms with Gasteiger partial charge in [-0.3, -0.25) is 15.8 Å². The molecule has 0 saturated heterocycles. The summed E-state index contributed by atoms with van der Waals surface area (Å²) in [4.78, 5) is 24.5. The minimum absolute atomic E-state index is 0.0486. The Morgan fingerprint density at radius 1 is 1.50 bits per heavy atom. The lowest BCUT2D eigenvalue weighted by molar-refractivity contribution is -0.388. The van der Waals surface area contributed by atoms with Crippen LogP contribution in [-0.2, 0) is 0 Å². The second-order valence-corrected chi connectivity index (χ2v) is 7.06. The maximum absolute atomic E-state index is 10.4. The second-order valence-electron chi connectivity index (χ2n) is 3.89. The number of alkyl halides is 1. The average molecular weight is 405 g/mol. The summed E-state index contributed by atoms with van der Waals surface area (Å²) in [7, 11) is 0. The summed E-state index contributed by atoms with van der Waals surface area (Å²) in [6.45, 7) is 0. The lowest BCUT2D eigenvalue weighted by Crippen LogP contribution is -2.34. The highest BCUT2D eigenvalue weighted by Gasteiger charge is 2.32. The molecule has 0 saturated carbocycles. The molecule has 0 spiro atoms. The number of nitrogens with zero attached hydrogens (tertiary/aromatic N) is 6. The fourth-order valence-corrected chi connectivity index (χ4v) is 3.13. The van der Waals surface area contributed by atoms with Crippen molar-refractivity contribution in [2.45, 2.75) is 14.5 Å². The number of nitrogens with one attached hydrogen (secondary N) is 1. The molecule has 0 amide bonds. The van der Waals surface area contributed by atoms with E-state index in [4.69, 9.17) is 34.2 Å². The molecule has 0 radical (unpaired) electrons. The van der Waals surface area contributed by atoms with Gasteiger partial charge in [0.25, 0.3) is 0 Å². The van der Waals surface area contributed by atoms with Gasteiger partial charge in [-0.2, -0.15) is 5.26 Å². The van der Waals surface area contributed by atoms with Crippen LogP contribution < -0.4 is 11.1 Å². The molecule has 3 rings (SSSR count). The number of nitriles is 1. The summed E-state index contributed by atoms with van der Waals surface area (Å²) in [6.07, 6.45) is 4.08. The number of aromatic nitrogens is 4. The third-order valence-corrected chi connectivity index (χ3v) is 4.28. The number of hydrogen-bond acceptors (Lipinski definition) is 11. The van der Waals surface area contributed by atoms with Crippen LogP contribution in [0.4, 0.5) is 11.4 Å². The first-order valence-electron chi connectivity index (χ1n) is 5.80. The van der Waals surface area contributed by atoms with Crippen molar-refractivity contribution in [1.82, 2.24) is 19.9 Å². The Labute approximate surface area is 153 Å². The zero-order chi connectivity index (χ0) is 17.7. The quantitative estimate of drug-likeness (QED) is 0.110. The summed E-state index contributed by atoms with van der Waals surface area (Å²) >= 11 is 13.0. The van der Waals surface area contributed by atoms with Crippen LogP contribution in [0, 0.1) is 20.8 Å². The molecular weight excluding hydrogens is 399 g/mol. The fraction of sp³-hybridized carbons (Fsp3) is 0.100. The number of anilines is 1. The van der Waals surface area contributed by atoms with Crippen molar-refractivity contribution < 1.29 is 4.92 Å². The van der Waals surface area contributed by atoms with E-state index in [1.54, 1.807) is 11.6 Å². The molecular formula is C10H6Cl2N8O2S2. The topological polar surface area (TPSA) is 157 Å². The van der Waals surface area contributed by atoms with E-state index >= 15 is 0 Å². The van der Waals surface area contributed by atoms with Gasteiger partial charge in [-0.25, -0.2) is 19.9 Å². The Bertz CT molecular complexity index is 789. The normalized spacial score (nSPS) is 17.8. The summed E-state index contributed by atoms with van der Waals surface area (Å²) in [5, 5.41) is 23.8. The predicted octanol–water partition coefficient (Wildman–Crippen LogP) is 2.41. The van der Waals surface area contributed by atoms with E-state index in [0.717, 1.165) is 16.9 Å². The van der Waals surface area contributed by atoms with Crippen LogP contribution in [0.2, 0.25) is 5.28 Å². The Kier molecular flexibility index (Phi) is 5.97. The van der Waals surface area contributed by atoms with E-state index in [0.29, 0.717) is 11.8 Å². The lowest BCUT2D eigenvalue weighted by atomic mass is 10.5. The fourth-order valence-electron chi connectivity index (χ4n) is 1.42. The van der Waals surface area contributed by atoms with E-state index in [1.807, 2.05) is 0 Å². The maximum atomic E-state index is 10.4. The van der Waals surface area contributed by atoms with Crippen LogP contribution in [0.15, 0.2) is 28.8 Å². The molecule has 1 aliphatic heterocycles. The molecule has 0 fully saturated rings. The number of rotatable bonds is 2. The van der Waals surface area contributed by atoms with Crippen LogP contribution in [0.1, 0.15) is 0 Å². The van der Waals surface area contributed by atoms with Gasteiger partial charge in [0.15, 0.2) is 5.03 Å². The Morgan fingerprint density at radius 2 is 2.25 bits per heavy atom. The summed E-state index contributed by atoms with van der Waals surface area (Å²) in [5.74, 6) is 0. The SMILES string of the molecule is N#CSc1nc(Cl)ncc1[N+](=O)[O-].NC1(Cl)Nc2cncnc2S1. The number of halogens is 2. The molecule has 24 heavy (non-hydrogen) atoms. The summed E-state index contributed by atoms with van der Waals surface area (Å²) in [6, 6.07) is 0. The van der Waals surface area contributed by atoms with Gasteiger partial charge in [-0.15, -0.1) is 0 Å². The number of nitro groups is 1. The molecule has 10 nitrogen and oxygen atoms in total. The molecule has 1 atom stereocenters. The van der Waals surface area contributed by atoms with Crippen molar-refractivity contribution in [3.63, 3.8) is 0 Å². The Hall–Kier alpha value is -1.91. The zero-order valence-corrected chi connectivity index (χ0v) is 14.5. The average Bonchev–Trinajstić information content (AvgIpc) is 2.81. The van der Waals surface area contributed by atoms with Crippen molar-refractivity contribution in [3.05, 3.63) is 34.1 Å². The largest absolute Gasteiger partial charge is 0.342 e. The number of nitrogens with two attached hydrogens (primary N) is 1. The van der Waals surface area contributed by atoms with E-state index in [-0.39, 0.29) is 16.0 Å². The maximum Gasteiger partial charge on any atom is 0.320 e. The highest BCUT2D eigenvalue weighted by atomic mass is 35.5. The standard InChI is InChI=1S/C5HClN4O2S.C5H5ClN4S/c6-5-8-1-3(10(11)12)4(9-5)13-2-7;6-5(7)10-3-1-8-2-9-4(3)11-5/h1H;1-2,10H,7H2. The zero-order valence-electron chi connectivity index (χ0n) is 11.4. The van der Waals surface area contributed by atoms with Crippen molar-refractivity contribution >= 4 is 58.1 Å². The van der Waals surface area contributed by atoms with Crippen molar-refractivity contribution in [3.8, 4) is 5.40 Å². The highest BCUT2D eigenvalue weighted by molar-refractivity contribution is 8.03. The van der Waals surface area contributed by atoms with E-state index in [9.17, 15) is 10.1 Å². The minimum atomic E-state index is -0.960. The summed E-state index contributed by atoms with van der Waals surface area (Å²) < 4.78 is -0.960. The van der Waals surface area contributed by atoms with E-state index < -0.39 is 9.38 Å². The van der Waals surface area contributed by atoms with Gasteiger partial charge >= 0.3 is 5.69 Å². The molecule has 0 aromatic carbocycles. The molecule has 14 heteroatoms. The van der Waals surface area contributed by atoms with Crippen LogP contribution in [0.3, 0.4) is 0 Å². The smallest absolute Gasteiger partial charge is 0.320 e. The molecule has 1 unspecified atom stereocenters. The van der Waals surface area contributed by atoms with Gasteiger partial charge in [-0.05, 0) is 23.4 Å². The first kappa shape index (κ1) is 18.4. The van der Waals surface area contributed by atoms with Gasteiger partial charge in [0.1, 0.15) is 23.0 Å². The third kappa shape index (κ3) is 4.79. The van der Waals surface area contributed by atoms with Crippen molar-refractivity contribution in [2.75, 3.05) is 5.32 Å². The molecule has 3 heterocycles. The minimum Gasteiger partial charge on any atom is -0.342 e. The predicted molar refractivity (Wildman–Crippen MR) is 89.4 cm³/mol. The number of thioether (sulfide) groups is 2. The van der Waals surface area contributed by atoms with Gasteiger partial charge < -0.3 is 5.32 Å². The molecule has 0 aliphatic carbocycles. The van der Waals surface area contributed by atoms with Crippen molar-refractivity contribution in [1.29, 1.82) is 5.26 Å². The Balaban J connectivity index is 0.000000175. The molecule has 0 bridgehead atoms. The number of fused-ring (bicyclic) bond motifs is 1. The summed E-state index contributed by atoms with van der Waals surface area (Å²) in [5.41, 5.74) is 6.04. The highest BCUT2D eigenvalue weighted by Crippen LogP contribution is 2.42. The number of thiocyanates is 1. The monoisotopic (exact) mass is 404 g/mol. The van der Waals surface area contributed by atoms with Crippen molar-refractivity contribution in [2.24, 2.45) is 5.73 Å². The molecule has 2 aromatic rings.